The maximum absolute atomic E-state index is 11.8. The lowest BCUT2D eigenvalue weighted by Crippen LogP contribution is -2.09. The van der Waals surface area contributed by atoms with E-state index in [1.165, 1.54) is 27.0 Å². The molecule has 0 aromatic heterocycles. The lowest BCUT2D eigenvalue weighted by atomic mass is 10.2. The molecule has 0 fully saturated rings. The number of rotatable bonds is 3. The maximum atomic E-state index is 11.8. The monoisotopic (exact) mass is 376 g/mol. The first-order chi connectivity index (χ1) is 12.4. The zero-order valence-electron chi connectivity index (χ0n) is 15.6. The van der Waals surface area contributed by atoms with Crippen LogP contribution in [0, 0.1) is 0 Å². The summed E-state index contributed by atoms with van der Waals surface area (Å²) in [5.74, 6) is 0.191. The fraction of sp³-hybridized carbons (Fsp3) is 0.286. The summed E-state index contributed by atoms with van der Waals surface area (Å²) in [5.41, 5.74) is 0.437. The summed E-state index contributed by atoms with van der Waals surface area (Å²) in [5, 5.41) is 0. The van der Waals surface area contributed by atoms with Crippen LogP contribution >= 0.6 is 0 Å². The normalized spacial score (nSPS) is 8.33. The second-order valence-corrected chi connectivity index (χ2v) is 4.69. The van der Waals surface area contributed by atoms with Gasteiger partial charge < -0.3 is 19.0 Å². The summed E-state index contributed by atoms with van der Waals surface area (Å²) >= 11 is 0. The zero-order valence-corrected chi connectivity index (χ0v) is 15.6. The SMILES string of the molecule is C.CC.CC(C)=O.COC(=O)Oc1cccc(OC(=O)c2ccccc2)c1. The van der Waals surface area contributed by atoms with Gasteiger partial charge in [0, 0.05) is 6.07 Å². The molecular weight excluding hydrogens is 348 g/mol. The summed E-state index contributed by atoms with van der Waals surface area (Å²) in [6.45, 7) is 7.06. The Morgan fingerprint density at radius 1 is 0.778 bits per heavy atom. The van der Waals surface area contributed by atoms with Crippen molar-refractivity contribution in [1.29, 1.82) is 0 Å². The van der Waals surface area contributed by atoms with Crippen LogP contribution in [0.3, 0.4) is 0 Å². The van der Waals surface area contributed by atoms with Gasteiger partial charge >= 0.3 is 12.1 Å². The average Bonchev–Trinajstić information content (AvgIpc) is 2.64. The molecule has 0 spiro atoms. The number of carbonyl (C=O) groups is 3. The third kappa shape index (κ3) is 11.9. The van der Waals surface area contributed by atoms with E-state index in [4.69, 9.17) is 9.47 Å². The van der Waals surface area contributed by atoms with Crippen LogP contribution in [-0.2, 0) is 9.53 Å². The van der Waals surface area contributed by atoms with Crippen LogP contribution in [0.5, 0.6) is 11.5 Å². The first-order valence-electron chi connectivity index (χ1n) is 8.02. The Labute approximate surface area is 161 Å². The fourth-order valence-electron chi connectivity index (χ4n) is 1.48. The number of benzene rings is 2. The molecule has 2 aromatic rings. The highest BCUT2D eigenvalue weighted by Gasteiger charge is 2.09. The van der Waals surface area contributed by atoms with Gasteiger partial charge in [-0.3, -0.25) is 0 Å². The van der Waals surface area contributed by atoms with Crippen molar-refractivity contribution in [3.05, 3.63) is 60.2 Å². The second kappa shape index (κ2) is 15.1. The first kappa shape index (κ1) is 26.1. The minimum absolute atomic E-state index is 0. The van der Waals surface area contributed by atoms with Crippen LogP contribution in [0.4, 0.5) is 4.79 Å². The van der Waals surface area contributed by atoms with Crippen molar-refractivity contribution in [3.63, 3.8) is 0 Å². The van der Waals surface area contributed by atoms with Gasteiger partial charge in [0.25, 0.3) is 0 Å². The molecule has 0 amide bonds. The van der Waals surface area contributed by atoms with E-state index >= 15 is 0 Å². The van der Waals surface area contributed by atoms with Crippen LogP contribution in [0.2, 0.25) is 0 Å². The van der Waals surface area contributed by atoms with Gasteiger partial charge in [0.15, 0.2) is 0 Å². The molecule has 0 unspecified atom stereocenters. The number of hydrogen-bond acceptors (Lipinski definition) is 6. The predicted molar refractivity (Wildman–Crippen MR) is 105 cm³/mol. The molecule has 0 aliphatic rings. The number of carbonyl (C=O) groups excluding carboxylic acids is 3. The Morgan fingerprint density at radius 3 is 1.74 bits per heavy atom. The van der Waals surface area contributed by atoms with Crippen molar-refractivity contribution in [2.45, 2.75) is 35.1 Å². The van der Waals surface area contributed by atoms with Gasteiger partial charge in [-0.05, 0) is 38.1 Å². The third-order valence-corrected chi connectivity index (χ3v) is 2.39. The van der Waals surface area contributed by atoms with Crippen molar-refractivity contribution in [3.8, 4) is 11.5 Å². The van der Waals surface area contributed by atoms with Gasteiger partial charge in [-0.1, -0.05) is 45.5 Å². The highest BCUT2D eigenvalue weighted by Crippen LogP contribution is 2.20. The number of esters is 1. The molecule has 2 aromatic carbocycles. The molecule has 6 heteroatoms. The molecule has 0 radical (unpaired) electrons. The van der Waals surface area contributed by atoms with E-state index in [0.29, 0.717) is 5.56 Å². The summed E-state index contributed by atoms with van der Waals surface area (Å²) in [7, 11) is 1.21. The van der Waals surface area contributed by atoms with Crippen molar-refractivity contribution in [1.82, 2.24) is 0 Å². The third-order valence-electron chi connectivity index (χ3n) is 2.39. The Balaban J connectivity index is 0. The molecule has 0 bridgehead atoms. The predicted octanol–water partition coefficient (Wildman–Crippen LogP) is 5.31. The summed E-state index contributed by atoms with van der Waals surface area (Å²) in [4.78, 5) is 32.3. The van der Waals surface area contributed by atoms with Gasteiger partial charge in [0.1, 0.15) is 17.3 Å². The smallest absolute Gasteiger partial charge is 0.437 e. The van der Waals surface area contributed by atoms with Crippen molar-refractivity contribution in [2.24, 2.45) is 0 Å². The van der Waals surface area contributed by atoms with E-state index in [0.717, 1.165) is 0 Å². The molecule has 0 aliphatic carbocycles. The quantitative estimate of drug-likeness (QED) is 0.410. The molecule has 0 atom stereocenters. The highest BCUT2D eigenvalue weighted by molar-refractivity contribution is 5.91. The van der Waals surface area contributed by atoms with Crippen molar-refractivity contribution in [2.75, 3.05) is 7.11 Å². The van der Waals surface area contributed by atoms with Crippen LogP contribution in [0.25, 0.3) is 0 Å². The van der Waals surface area contributed by atoms with E-state index in [9.17, 15) is 14.4 Å². The van der Waals surface area contributed by atoms with Crippen molar-refractivity contribution >= 4 is 17.9 Å². The molecule has 0 aliphatic heterocycles. The zero-order chi connectivity index (χ0) is 19.9. The lowest BCUT2D eigenvalue weighted by Gasteiger charge is -2.06. The van der Waals surface area contributed by atoms with E-state index < -0.39 is 12.1 Å². The number of Topliss-reactive ketones (excluding diaryl/α,β-unsaturated/α-hetero) is 1. The summed E-state index contributed by atoms with van der Waals surface area (Å²) < 4.78 is 14.4. The van der Waals surface area contributed by atoms with E-state index in [-0.39, 0.29) is 24.7 Å². The molecule has 0 N–H and O–H groups in total. The topological polar surface area (TPSA) is 78.9 Å². The Hall–Kier alpha value is -3.15. The maximum Gasteiger partial charge on any atom is 0.513 e. The largest absolute Gasteiger partial charge is 0.513 e. The highest BCUT2D eigenvalue weighted by atomic mass is 16.7. The lowest BCUT2D eigenvalue weighted by molar-refractivity contribution is -0.115. The van der Waals surface area contributed by atoms with Crippen LogP contribution in [0.15, 0.2) is 54.6 Å². The molecule has 0 saturated carbocycles. The van der Waals surface area contributed by atoms with Crippen LogP contribution in [0.1, 0.15) is 45.5 Å². The average molecular weight is 376 g/mol. The fourth-order valence-corrected chi connectivity index (χ4v) is 1.48. The number of methoxy groups -OCH3 is 1. The van der Waals surface area contributed by atoms with Crippen molar-refractivity contribution < 1.29 is 28.6 Å². The first-order valence-corrected chi connectivity index (χ1v) is 8.02. The van der Waals surface area contributed by atoms with E-state index in [2.05, 4.69) is 4.74 Å². The van der Waals surface area contributed by atoms with Gasteiger partial charge in [-0.15, -0.1) is 0 Å². The molecule has 0 heterocycles. The minimum Gasteiger partial charge on any atom is -0.437 e. The second-order valence-electron chi connectivity index (χ2n) is 4.69. The Bertz CT molecular complexity index is 691. The number of hydrogen-bond donors (Lipinski definition) is 0. The minimum atomic E-state index is -0.837. The van der Waals surface area contributed by atoms with E-state index in [1.54, 1.807) is 42.5 Å². The number of ether oxygens (including phenoxy) is 3. The number of ketones is 1. The molecule has 148 valence electrons. The molecule has 6 nitrogen and oxygen atoms in total. The van der Waals surface area contributed by atoms with Gasteiger partial charge in [0.05, 0.1) is 12.7 Å². The van der Waals surface area contributed by atoms with Crippen LogP contribution in [-0.4, -0.2) is 25.0 Å². The van der Waals surface area contributed by atoms with Gasteiger partial charge in [0.2, 0.25) is 0 Å². The Morgan fingerprint density at radius 2 is 1.26 bits per heavy atom. The standard InChI is InChI=1S/C15H12O5.C3H6O.C2H6.CH4/c1-18-15(17)20-13-9-5-8-12(10-13)19-14(16)11-6-3-2-4-7-11;1-3(2)4;1-2;/h2-10H,1H3;1-2H3;1-2H3;1H4. The molecule has 2 rings (SSSR count). The summed E-state index contributed by atoms with van der Waals surface area (Å²) in [6.07, 6.45) is -0.837. The molecular formula is C21H28O6. The van der Waals surface area contributed by atoms with Crippen LogP contribution < -0.4 is 9.47 Å². The van der Waals surface area contributed by atoms with E-state index in [1.807, 2.05) is 19.9 Å². The van der Waals surface area contributed by atoms with Gasteiger partial charge in [-0.2, -0.15) is 0 Å². The molecule has 0 saturated heterocycles. The molecule has 27 heavy (non-hydrogen) atoms. The summed E-state index contributed by atoms with van der Waals surface area (Å²) in [6, 6.07) is 14.8. The Kier molecular flexibility index (Phi) is 14.6. The van der Waals surface area contributed by atoms with Gasteiger partial charge in [-0.25, -0.2) is 9.59 Å².